The highest BCUT2D eigenvalue weighted by Gasteiger charge is 2.08. The minimum atomic E-state index is -0.140. The third-order valence-electron chi connectivity index (χ3n) is 2.22. The van der Waals surface area contributed by atoms with Crippen LogP contribution in [0.4, 0.5) is 5.69 Å². The van der Waals surface area contributed by atoms with Crippen molar-refractivity contribution in [3.63, 3.8) is 0 Å². The lowest BCUT2D eigenvalue weighted by atomic mass is 10.0. The van der Waals surface area contributed by atoms with Gasteiger partial charge in [0.2, 0.25) is 0 Å². The molecule has 0 bridgehead atoms. The first-order valence-electron chi connectivity index (χ1n) is 4.19. The van der Waals surface area contributed by atoms with Crippen LogP contribution < -0.4 is 5.73 Å². The molecule has 0 saturated heterocycles. The molecule has 0 aliphatic rings. The summed E-state index contributed by atoms with van der Waals surface area (Å²) < 4.78 is 0. The molecule has 0 heterocycles. The van der Waals surface area contributed by atoms with Gasteiger partial charge >= 0.3 is 0 Å². The van der Waals surface area contributed by atoms with Crippen molar-refractivity contribution in [3.8, 4) is 5.75 Å². The number of fused-ring (bicyclic) bond motifs is 1. The van der Waals surface area contributed by atoms with Gasteiger partial charge in [0.05, 0.1) is 11.3 Å². The summed E-state index contributed by atoms with van der Waals surface area (Å²) in [6.45, 7) is 0. The summed E-state index contributed by atoms with van der Waals surface area (Å²) in [4.78, 5) is 10.6. The third kappa shape index (κ3) is 1.10. The van der Waals surface area contributed by atoms with E-state index in [2.05, 4.69) is 0 Å². The van der Waals surface area contributed by atoms with Crippen molar-refractivity contribution in [1.29, 1.82) is 0 Å². The maximum absolute atomic E-state index is 10.6. The second-order valence-electron chi connectivity index (χ2n) is 3.07. The van der Waals surface area contributed by atoms with Gasteiger partial charge in [-0.25, -0.2) is 0 Å². The monoisotopic (exact) mass is 187 g/mol. The van der Waals surface area contributed by atoms with Gasteiger partial charge in [-0.2, -0.15) is 0 Å². The number of nitrogen functional groups attached to an aromatic ring is 1. The SMILES string of the molecule is Nc1c(O)c(C=O)cc2ccccc12. The summed E-state index contributed by atoms with van der Waals surface area (Å²) in [5, 5.41) is 11.2. The Balaban J connectivity index is 2.91. The topological polar surface area (TPSA) is 63.3 Å². The predicted molar refractivity (Wildman–Crippen MR) is 55.4 cm³/mol. The van der Waals surface area contributed by atoms with Crippen LogP contribution in [0.5, 0.6) is 5.75 Å². The van der Waals surface area contributed by atoms with Crippen molar-refractivity contribution in [2.24, 2.45) is 0 Å². The van der Waals surface area contributed by atoms with Crippen LogP contribution in [0.15, 0.2) is 30.3 Å². The number of carbonyl (C=O) groups is 1. The van der Waals surface area contributed by atoms with Gasteiger partial charge < -0.3 is 10.8 Å². The summed E-state index contributed by atoms with van der Waals surface area (Å²) in [6.07, 6.45) is 0.595. The van der Waals surface area contributed by atoms with Gasteiger partial charge in [-0.3, -0.25) is 4.79 Å². The predicted octanol–water partition coefficient (Wildman–Crippen LogP) is 1.94. The van der Waals surface area contributed by atoms with Crippen molar-refractivity contribution in [2.45, 2.75) is 0 Å². The van der Waals surface area contributed by atoms with E-state index in [9.17, 15) is 9.90 Å². The van der Waals surface area contributed by atoms with Gasteiger partial charge in [-0.05, 0) is 11.5 Å². The molecule has 0 unspecified atom stereocenters. The summed E-state index contributed by atoms with van der Waals surface area (Å²) in [6, 6.07) is 8.96. The zero-order valence-electron chi connectivity index (χ0n) is 7.40. The number of phenols is 1. The van der Waals surface area contributed by atoms with E-state index in [1.54, 1.807) is 12.1 Å². The third-order valence-corrected chi connectivity index (χ3v) is 2.22. The molecule has 0 spiro atoms. The van der Waals surface area contributed by atoms with Gasteiger partial charge in [0.1, 0.15) is 5.75 Å². The van der Waals surface area contributed by atoms with Crippen molar-refractivity contribution >= 4 is 22.7 Å². The van der Waals surface area contributed by atoms with Crippen molar-refractivity contribution in [2.75, 3.05) is 5.73 Å². The summed E-state index contributed by atoms with van der Waals surface area (Å²) in [7, 11) is 0. The van der Waals surface area contributed by atoms with Gasteiger partial charge in [-0.1, -0.05) is 24.3 Å². The Kier molecular flexibility index (Phi) is 1.85. The van der Waals surface area contributed by atoms with Gasteiger partial charge in [0, 0.05) is 5.39 Å². The number of phenolic OH excluding ortho intramolecular Hbond substituents is 1. The molecule has 0 amide bonds. The second-order valence-corrected chi connectivity index (χ2v) is 3.07. The van der Waals surface area contributed by atoms with Crippen LogP contribution in [-0.2, 0) is 0 Å². The average molecular weight is 187 g/mol. The smallest absolute Gasteiger partial charge is 0.153 e. The summed E-state index contributed by atoms with van der Waals surface area (Å²) in [5.41, 5.74) is 6.16. The van der Waals surface area contributed by atoms with Gasteiger partial charge in [0.15, 0.2) is 6.29 Å². The van der Waals surface area contributed by atoms with Crippen molar-refractivity contribution in [3.05, 3.63) is 35.9 Å². The molecular weight excluding hydrogens is 178 g/mol. The number of aromatic hydroxyl groups is 1. The molecule has 0 radical (unpaired) electrons. The van der Waals surface area contributed by atoms with E-state index in [-0.39, 0.29) is 17.0 Å². The molecule has 0 aliphatic carbocycles. The fourth-order valence-corrected chi connectivity index (χ4v) is 1.48. The zero-order valence-corrected chi connectivity index (χ0v) is 7.40. The number of anilines is 1. The van der Waals surface area contributed by atoms with Gasteiger partial charge in [-0.15, -0.1) is 0 Å². The Hall–Kier alpha value is -2.03. The lowest BCUT2D eigenvalue weighted by Gasteiger charge is -2.06. The molecule has 0 aliphatic heterocycles. The molecule has 3 nitrogen and oxygen atoms in total. The molecule has 0 aromatic heterocycles. The lowest BCUT2D eigenvalue weighted by molar-refractivity contribution is 0.112. The van der Waals surface area contributed by atoms with Crippen LogP contribution in [0.3, 0.4) is 0 Å². The minimum Gasteiger partial charge on any atom is -0.505 e. The lowest BCUT2D eigenvalue weighted by Crippen LogP contribution is -1.92. The summed E-state index contributed by atoms with van der Waals surface area (Å²) in [5.74, 6) is -0.140. The van der Waals surface area contributed by atoms with E-state index >= 15 is 0 Å². The van der Waals surface area contributed by atoms with E-state index in [4.69, 9.17) is 5.73 Å². The fourth-order valence-electron chi connectivity index (χ4n) is 1.48. The number of hydrogen-bond donors (Lipinski definition) is 2. The molecule has 14 heavy (non-hydrogen) atoms. The maximum atomic E-state index is 10.6. The highest BCUT2D eigenvalue weighted by Crippen LogP contribution is 2.32. The van der Waals surface area contributed by atoms with Crippen molar-refractivity contribution in [1.82, 2.24) is 0 Å². The summed E-state index contributed by atoms with van der Waals surface area (Å²) >= 11 is 0. The molecule has 0 atom stereocenters. The van der Waals surface area contributed by atoms with Crippen LogP contribution >= 0.6 is 0 Å². The molecule has 3 heteroatoms. The van der Waals surface area contributed by atoms with E-state index in [0.717, 1.165) is 10.8 Å². The molecule has 0 saturated carbocycles. The highest BCUT2D eigenvalue weighted by atomic mass is 16.3. The van der Waals surface area contributed by atoms with E-state index in [1.807, 2.05) is 18.2 Å². The molecular formula is C11H9NO2. The largest absolute Gasteiger partial charge is 0.505 e. The van der Waals surface area contributed by atoms with Crippen molar-refractivity contribution < 1.29 is 9.90 Å². The molecule has 2 rings (SSSR count). The average Bonchev–Trinajstić information content (AvgIpc) is 2.23. The minimum absolute atomic E-state index is 0.140. The molecule has 2 aromatic rings. The Morgan fingerprint density at radius 2 is 2.00 bits per heavy atom. The second kappa shape index (κ2) is 3.03. The zero-order chi connectivity index (χ0) is 10.1. The molecule has 70 valence electrons. The molecule has 0 fully saturated rings. The van der Waals surface area contributed by atoms with Crippen LogP contribution in [-0.4, -0.2) is 11.4 Å². The Bertz CT molecular complexity index is 506. The molecule has 3 N–H and O–H groups in total. The Morgan fingerprint density at radius 3 is 2.71 bits per heavy atom. The first-order chi connectivity index (χ1) is 6.74. The van der Waals surface area contributed by atoms with Crippen LogP contribution in [0, 0.1) is 0 Å². The standard InChI is InChI=1S/C11H9NO2/c12-10-9-4-2-1-3-7(9)5-8(6-13)11(10)14/h1-6,14H,12H2. The quantitative estimate of drug-likeness (QED) is 0.407. The number of aldehydes is 1. The van der Waals surface area contributed by atoms with Crippen LogP contribution in [0.1, 0.15) is 10.4 Å². The Morgan fingerprint density at radius 1 is 1.29 bits per heavy atom. The normalized spacial score (nSPS) is 10.3. The first-order valence-corrected chi connectivity index (χ1v) is 4.19. The number of rotatable bonds is 1. The number of nitrogens with two attached hydrogens (primary N) is 1. The number of hydrogen-bond acceptors (Lipinski definition) is 3. The molecule has 2 aromatic carbocycles. The van der Waals surface area contributed by atoms with Crippen LogP contribution in [0.2, 0.25) is 0 Å². The highest BCUT2D eigenvalue weighted by molar-refractivity contribution is 6.01. The Labute approximate surface area is 80.8 Å². The first kappa shape index (κ1) is 8.56. The van der Waals surface area contributed by atoms with E-state index < -0.39 is 0 Å². The number of benzene rings is 2. The van der Waals surface area contributed by atoms with Gasteiger partial charge in [0.25, 0.3) is 0 Å². The fraction of sp³-hybridized carbons (Fsp3) is 0. The maximum Gasteiger partial charge on any atom is 0.153 e. The number of carbonyl (C=O) groups excluding carboxylic acids is 1. The van der Waals surface area contributed by atoms with Crippen LogP contribution in [0.25, 0.3) is 10.8 Å². The van der Waals surface area contributed by atoms with E-state index in [1.165, 1.54) is 0 Å². The van der Waals surface area contributed by atoms with E-state index in [0.29, 0.717) is 6.29 Å².